The molecule has 102 valence electrons. The molecule has 19 heavy (non-hydrogen) atoms. The van der Waals surface area contributed by atoms with E-state index in [0.717, 1.165) is 34.0 Å². The lowest BCUT2D eigenvalue weighted by Gasteiger charge is -2.19. The Morgan fingerprint density at radius 1 is 1.42 bits per heavy atom. The van der Waals surface area contributed by atoms with Gasteiger partial charge in [-0.1, -0.05) is 6.92 Å². The second-order valence-electron chi connectivity index (χ2n) is 4.36. The van der Waals surface area contributed by atoms with Crippen LogP contribution in [0.3, 0.4) is 0 Å². The molecule has 1 N–H and O–H groups in total. The molecule has 0 aliphatic heterocycles. The molecule has 2 aromatic rings. The summed E-state index contributed by atoms with van der Waals surface area (Å²) in [5.41, 5.74) is 2.43. The SMILES string of the molecule is CCCNC(Cc1ccsc1)c1ncc(Br)cc1Br. The topological polar surface area (TPSA) is 24.9 Å². The van der Waals surface area contributed by atoms with Crippen molar-refractivity contribution in [3.05, 3.63) is 49.3 Å². The maximum Gasteiger partial charge on any atom is 0.0719 e. The largest absolute Gasteiger partial charge is 0.308 e. The number of nitrogens with one attached hydrogen (secondary N) is 1. The second-order valence-corrected chi connectivity index (χ2v) is 6.91. The monoisotopic (exact) mass is 402 g/mol. The number of aromatic nitrogens is 1. The van der Waals surface area contributed by atoms with Crippen LogP contribution in [-0.2, 0) is 6.42 Å². The zero-order chi connectivity index (χ0) is 13.7. The zero-order valence-corrected chi connectivity index (χ0v) is 14.7. The number of nitrogens with zero attached hydrogens (tertiary/aromatic N) is 1. The minimum absolute atomic E-state index is 0.247. The number of hydrogen-bond donors (Lipinski definition) is 1. The molecule has 2 rings (SSSR count). The van der Waals surface area contributed by atoms with E-state index in [2.05, 4.69) is 72.0 Å². The average molecular weight is 404 g/mol. The van der Waals surface area contributed by atoms with Crippen LogP contribution in [0.25, 0.3) is 0 Å². The molecule has 0 bridgehead atoms. The van der Waals surface area contributed by atoms with Crippen LogP contribution in [0.4, 0.5) is 0 Å². The van der Waals surface area contributed by atoms with Crippen molar-refractivity contribution in [2.75, 3.05) is 6.54 Å². The first kappa shape index (κ1) is 15.2. The Morgan fingerprint density at radius 2 is 2.26 bits per heavy atom. The smallest absolute Gasteiger partial charge is 0.0719 e. The quantitative estimate of drug-likeness (QED) is 0.737. The lowest BCUT2D eigenvalue weighted by Crippen LogP contribution is -2.25. The number of thiophene rings is 1. The van der Waals surface area contributed by atoms with Crippen LogP contribution in [0.1, 0.15) is 30.6 Å². The minimum Gasteiger partial charge on any atom is -0.308 e. The summed E-state index contributed by atoms with van der Waals surface area (Å²) in [5.74, 6) is 0. The Morgan fingerprint density at radius 3 is 2.89 bits per heavy atom. The first-order valence-electron chi connectivity index (χ1n) is 6.26. The van der Waals surface area contributed by atoms with Gasteiger partial charge >= 0.3 is 0 Å². The third-order valence-corrected chi connectivity index (χ3v) is 4.63. The third-order valence-electron chi connectivity index (χ3n) is 2.83. The average Bonchev–Trinajstić information content (AvgIpc) is 2.88. The molecule has 2 nitrogen and oxygen atoms in total. The van der Waals surface area contributed by atoms with Gasteiger partial charge in [0.25, 0.3) is 0 Å². The van der Waals surface area contributed by atoms with Gasteiger partial charge in [0, 0.05) is 15.1 Å². The van der Waals surface area contributed by atoms with Crippen LogP contribution < -0.4 is 5.32 Å². The second kappa shape index (κ2) is 7.53. The van der Waals surface area contributed by atoms with Crippen LogP contribution in [0, 0.1) is 0 Å². The Kier molecular flexibility index (Phi) is 6.01. The van der Waals surface area contributed by atoms with Gasteiger partial charge < -0.3 is 5.32 Å². The molecule has 2 aromatic heterocycles. The van der Waals surface area contributed by atoms with Crippen molar-refractivity contribution in [3.8, 4) is 0 Å². The van der Waals surface area contributed by atoms with Crippen molar-refractivity contribution in [2.24, 2.45) is 0 Å². The predicted molar refractivity (Wildman–Crippen MR) is 88.7 cm³/mol. The fraction of sp³-hybridized carbons (Fsp3) is 0.357. The normalized spacial score (nSPS) is 12.6. The van der Waals surface area contributed by atoms with Crippen molar-refractivity contribution in [1.82, 2.24) is 10.3 Å². The molecule has 0 aliphatic rings. The predicted octanol–water partition coefficient (Wildman–Crippen LogP) is 4.95. The van der Waals surface area contributed by atoms with E-state index in [1.807, 2.05) is 6.20 Å². The van der Waals surface area contributed by atoms with E-state index in [1.165, 1.54) is 5.56 Å². The van der Waals surface area contributed by atoms with Crippen LogP contribution >= 0.6 is 43.2 Å². The molecule has 0 radical (unpaired) electrons. The summed E-state index contributed by atoms with van der Waals surface area (Å²) in [6.45, 7) is 3.18. The highest BCUT2D eigenvalue weighted by molar-refractivity contribution is 9.11. The van der Waals surface area contributed by atoms with Crippen LogP contribution in [-0.4, -0.2) is 11.5 Å². The van der Waals surface area contributed by atoms with Gasteiger partial charge in [-0.3, -0.25) is 4.98 Å². The van der Waals surface area contributed by atoms with Gasteiger partial charge in [-0.05, 0) is 79.7 Å². The van der Waals surface area contributed by atoms with Crippen molar-refractivity contribution >= 4 is 43.2 Å². The maximum atomic E-state index is 4.56. The van der Waals surface area contributed by atoms with Gasteiger partial charge in [0.1, 0.15) is 0 Å². The summed E-state index contributed by atoms with van der Waals surface area (Å²) in [5, 5.41) is 7.90. The van der Waals surface area contributed by atoms with Gasteiger partial charge in [-0.15, -0.1) is 0 Å². The molecular formula is C14H16Br2N2S. The summed E-state index contributed by atoms with van der Waals surface area (Å²) in [7, 11) is 0. The number of halogens is 2. The molecule has 0 amide bonds. The Hall–Kier alpha value is -0.230. The van der Waals surface area contributed by atoms with Crippen molar-refractivity contribution in [3.63, 3.8) is 0 Å². The molecule has 2 heterocycles. The Bertz CT molecular complexity index is 514. The van der Waals surface area contributed by atoms with E-state index in [1.54, 1.807) is 11.3 Å². The third kappa shape index (κ3) is 4.38. The molecule has 0 saturated heterocycles. The van der Waals surface area contributed by atoms with Gasteiger partial charge in [-0.25, -0.2) is 0 Å². The Balaban J connectivity index is 2.20. The molecule has 0 saturated carbocycles. The summed E-state index contributed by atoms with van der Waals surface area (Å²) in [6, 6.07) is 4.48. The molecule has 0 aliphatic carbocycles. The Labute approximate surface area is 134 Å². The highest BCUT2D eigenvalue weighted by Gasteiger charge is 2.16. The molecule has 0 spiro atoms. The van der Waals surface area contributed by atoms with Gasteiger partial charge in [0.05, 0.1) is 11.7 Å². The molecule has 0 aromatic carbocycles. The van der Waals surface area contributed by atoms with Crippen molar-refractivity contribution in [1.29, 1.82) is 0 Å². The van der Waals surface area contributed by atoms with Gasteiger partial charge in [-0.2, -0.15) is 11.3 Å². The standard InChI is InChI=1S/C14H16Br2N2S/c1-2-4-17-13(6-10-3-5-19-9-10)14-12(16)7-11(15)8-18-14/h3,5,7-9,13,17H,2,4,6H2,1H3. The van der Waals surface area contributed by atoms with E-state index < -0.39 is 0 Å². The number of pyridine rings is 1. The fourth-order valence-corrected chi connectivity index (χ4v) is 3.86. The van der Waals surface area contributed by atoms with Gasteiger partial charge in [0.2, 0.25) is 0 Å². The molecular weight excluding hydrogens is 388 g/mol. The summed E-state index contributed by atoms with van der Waals surface area (Å²) in [4.78, 5) is 4.56. The lowest BCUT2D eigenvalue weighted by atomic mass is 10.1. The number of hydrogen-bond acceptors (Lipinski definition) is 3. The van der Waals surface area contributed by atoms with E-state index in [-0.39, 0.29) is 6.04 Å². The van der Waals surface area contributed by atoms with Crippen molar-refractivity contribution in [2.45, 2.75) is 25.8 Å². The maximum absolute atomic E-state index is 4.56. The highest BCUT2D eigenvalue weighted by atomic mass is 79.9. The van der Waals surface area contributed by atoms with Crippen LogP contribution in [0.5, 0.6) is 0 Å². The van der Waals surface area contributed by atoms with Crippen LogP contribution in [0.2, 0.25) is 0 Å². The molecule has 1 atom stereocenters. The summed E-state index contributed by atoms with van der Waals surface area (Å²) >= 11 is 8.80. The molecule has 1 unspecified atom stereocenters. The first-order valence-corrected chi connectivity index (χ1v) is 8.79. The van der Waals surface area contributed by atoms with E-state index in [9.17, 15) is 0 Å². The number of rotatable bonds is 6. The van der Waals surface area contributed by atoms with Gasteiger partial charge in [0.15, 0.2) is 0 Å². The molecule has 0 fully saturated rings. The summed E-state index contributed by atoms with van der Waals surface area (Å²) in [6.07, 6.45) is 3.94. The van der Waals surface area contributed by atoms with E-state index in [0.29, 0.717) is 0 Å². The molecule has 5 heteroatoms. The zero-order valence-electron chi connectivity index (χ0n) is 10.7. The van der Waals surface area contributed by atoms with Crippen molar-refractivity contribution < 1.29 is 0 Å². The fourth-order valence-electron chi connectivity index (χ4n) is 1.91. The van der Waals surface area contributed by atoms with E-state index in [4.69, 9.17) is 0 Å². The first-order chi connectivity index (χ1) is 9.20. The van der Waals surface area contributed by atoms with Crippen LogP contribution in [0.15, 0.2) is 38.0 Å². The summed E-state index contributed by atoms with van der Waals surface area (Å²) < 4.78 is 2.04. The lowest BCUT2D eigenvalue weighted by molar-refractivity contribution is 0.516. The minimum atomic E-state index is 0.247. The highest BCUT2D eigenvalue weighted by Crippen LogP contribution is 2.27. The van der Waals surface area contributed by atoms with E-state index >= 15 is 0 Å².